The topological polar surface area (TPSA) is 85.9 Å². The van der Waals surface area contributed by atoms with E-state index >= 15 is 0 Å². The molecule has 0 bridgehead atoms. The Morgan fingerprint density at radius 3 is 2.62 bits per heavy atom. The van der Waals surface area contributed by atoms with Gasteiger partial charge in [0, 0.05) is 51.0 Å². The maximum absolute atomic E-state index is 12.5. The first kappa shape index (κ1) is 17.9. The highest BCUT2D eigenvalue weighted by Crippen LogP contribution is 2.09. The summed E-state index contributed by atoms with van der Waals surface area (Å²) in [6, 6.07) is 3.12. The molecule has 0 radical (unpaired) electrons. The van der Waals surface area contributed by atoms with Gasteiger partial charge < -0.3 is 20.0 Å². The van der Waals surface area contributed by atoms with Crippen LogP contribution in [0, 0.1) is 0 Å². The van der Waals surface area contributed by atoms with Crippen LogP contribution >= 0.6 is 0 Å². The smallest absolute Gasteiger partial charge is 0.269 e. The molecule has 1 saturated heterocycles. The minimum Gasteiger partial charge on any atom is -0.349 e. The first-order valence-electron chi connectivity index (χ1n) is 7.89. The number of carbonyl (C=O) groups is 3. The number of rotatable bonds is 6. The fourth-order valence-corrected chi connectivity index (χ4v) is 2.38. The number of nitrogens with zero attached hydrogens (tertiary/aromatic N) is 4. The van der Waals surface area contributed by atoms with Crippen molar-refractivity contribution in [2.24, 2.45) is 0 Å². The second-order valence-corrected chi connectivity index (χ2v) is 5.92. The van der Waals surface area contributed by atoms with E-state index < -0.39 is 0 Å². The van der Waals surface area contributed by atoms with Crippen molar-refractivity contribution >= 4 is 18.2 Å². The first-order valence-corrected chi connectivity index (χ1v) is 7.89. The van der Waals surface area contributed by atoms with Gasteiger partial charge in [-0.1, -0.05) is 0 Å². The summed E-state index contributed by atoms with van der Waals surface area (Å²) in [5, 5.41) is 2.78. The molecule has 3 amide bonds. The standard InChI is InChI=1S/C16H23N5O3/c1-19(2)6-5-18-15(23)14-11-13(3-4-17-14)16(24)21-9-7-20(12-22)8-10-21/h3-4,11-12H,5-10H2,1-2H3,(H,18,23). The number of nitrogens with one attached hydrogen (secondary N) is 1. The minimum absolute atomic E-state index is 0.148. The number of amides is 3. The van der Waals surface area contributed by atoms with Crippen molar-refractivity contribution in [2.45, 2.75) is 0 Å². The zero-order chi connectivity index (χ0) is 17.5. The van der Waals surface area contributed by atoms with Crippen molar-refractivity contribution in [3.8, 4) is 0 Å². The lowest BCUT2D eigenvalue weighted by molar-refractivity contribution is -0.119. The van der Waals surface area contributed by atoms with Crippen LogP contribution in [0.4, 0.5) is 0 Å². The fourth-order valence-electron chi connectivity index (χ4n) is 2.38. The van der Waals surface area contributed by atoms with Crippen molar-refractivity contribution in [3.05, 3.63) is 29.6 Å². The van der Waals surface area contributed by atoms with Crippen LogP contribution in [-0.4, -0.2) is 91.3 Å². The van der Waals surface area contributed by atoms with Crippen molar-refractivity contribution < 1.29 is 14.4 Å². The molecule has 0 saturated carbocycles. The summed E-state index contributed by atoms with van der Waals surface area (Å²) in [5.74, 6) is -0.442. The molecule has 1 aromatic heterocycles. The van der Waals surface area contributed by atoms with Gasteiger partial charge in [-0.15, -0.1) is 0 Å². The molecule has 2 heterocycles. The molecule has 1 aromatic rings. The van der Waals surface area contributed by atoms with E-state index in [1.54, 1.807) is 15.9 Å². The molecule has 0 aliphatic carbocycles. The summed E-state index contributed by atoms with van der Waals surface area (Å²) < 4.78 is 0. The third kappa shape index (κ3) is 4.76. The van der Waals surface area contributed by atoms with Crippen LogP contribution in [0.2, 0.25) is 0 Å². The average molecular weight is 333 g/mol. The zero-order valence-corrected chi connectivity index (χ0v) is 14.1. The number of hydrogen-bond acceptors (Lipinski definition) is 5. The number of likely N-dealkylation sites (N-methyl/N-ethyl adjacent to an activating group) is 1. The third-order valence-electron chi connectivity index (χ3n) is 3.83. The van der Waals surface area contributed by atoms with Crippen molar-refractivity contribution in [1.82, 2.24) is 25.0 Å². The van der Waals surface area contributed by atoms with Crippen LogP contribution in [0.1, 0.15) is 20.8 Å². The Kier molecular flexibility index (Phi) is 6.25. The molecule has 1 aliphatic rings. The Bertz CT molecular complexity index is 597. The van der Waals surface area contributed by atoms with Gasteiger partial charge in [0.25, 0.3) is 11.8 Å². The van der Waals surface area contributed by atoms with Crippen LogP contribution in [0.5, 0.6) is 0 Å². The first-order chi connectivity index (χ1) is 11.5. The Morgan fingerprint density at radius 1 is 1.29 bits per heavy atom. The molecule has 8 heteroatoms. The zero-order valence-electron chi connectivity index (χ0n) is 14.1. The average Bonchev–Trinajstić information content (AvgIpc) is 2.61. The summed E-state index contributed by atoms with van der Waals surface area (Å²) >= 11 is 0. The predicted octanol–water partition coefficient (Wildman–Crippen LogP) is -0.713. The molecule has 1 aliphatic heterocycles. The van der Waals surface area contributed by atoms with E-state index in [0.717, 1.165) is 13.0 Å². The molecule has 1 N–H and O–H groups in total. The van der Waals surface area contributed by atoms with Crippen molar-refractivity contribution in [1.29, 1.82) is 0 Å². The van der Waals surface area contributed by atoms with Crippen LogP contribution in [0.3, 0.4) is 0 Å². The van der Waals surface area contributed by atoms with Crippen LogP contribution in [0.25, 0.3) is 0 Å². The lowest BCUT2D eigenvalue weighted by atomic mass is 10.1. The molecule has 2 rings (SSSR count). The quantitative estimate of drug-likeness (QED) is 0.695. The van der Waals surface area contributed by atoms with Gasteiger partial charge in [-0.3, -0.25) is 19.4 Å². The van der Waals surface area contributed by atoms with Gasteiger partial charge in [-0.05, 0) is 26.2 Å². The Labute approximate surface area is 141 Å². The highest BCUT2D eigenvalue weighted by Gasteiger charge is 2.22. The second kappa shape index (κ2) is 8.39. The van der Waals surface area contributed by atoms with E-state index in [2.05, 4.69) is 10.3 Å². The Morgan fingerprint density at radius 2 is 2.00 bits per heavy atom. The van der Waals surface area contributed by atoms with E-state index in [9.17, 15) is 14.4 Å². The molecular formula is C16H23N5O3. The number of piperazine rings is 1. The van der Waals surface area contributed by atoms with Crippen molar-refractivity contribution in [2.75, 3.05) is 53.4 Å². The maximum atomic E-state index is 12.5. The normalized spacial score (nSPS) is 14.6. The second-order valence-electron chi connectivity index (χ2n) is 5.92. The molecule has 0 atom stereocenters. The van der Waals surface area contributed by atoms with E-state index in [4.69, 9.17) is 0 Å². The Balaban J connectivity index is 1.97. The van der Waals surface area contributed by atoms with Crippen LogP contribution in [0.15, 0.2) is 18.3 Å². The van der Waals surface area contributed by atoms with E-state index in [0.29, 0.717) is 38.3 Å². The number of carbonyl (C=O) groups excluding carboxylic acids is 3. The third-order valence-corrected chi connectivity index (χ3v) is 3.83. The van der Waals surface area contributed by atoms with Gasteiger partial charge >= 0.3 is 0 Å². The summed E-state index contributed by atoms with van der Waals surface area (Å²) in [6.07, 6.45) is 2.26. The monoisotopic (exact) mass is 333 g/mol. The highest BCUT2D eigenvalue weighted by molar-refractivity contribution is 5.98. The molecule has 0 aromatic carbocycles. The lowest BCUT2D eigenvalue weighted by Gasteiger charge is -2.32. The van der Waals surface area contributed by atoms with E-state index in [-0.39, 0.29) is 17.5 Å². The minimum atomic E-state index is -0.294. The predicted molar refractivity (Wildman–Crippen MR) is 88.7 cm³/mol. The maximum Gasteiger partial charge on any atom is 0.269 e. The van der Waals surface area contributed by atoms with Gasteiger partial charge in [0.05, 0.1) is 0 Å². The number of pyridine rings is 1. The highest BCUT2D eigenvalue weighted by atomic mass is 16.2. The van der Waals surface area contributed by atoms with Crippen LogP contribution in [-0.2, 0) is 4.79 Å². The summed E-state index contributed by atoms with van der Waals surface area (Å²) in [6.45, 7) is 3.27. The van der Waals surface area contributed by atoms with Gasteiger partial charge in [-0.25, -0.2) is 0 Å². The fraction of sp³-hybridized carbons (Fsp3) is 0.500. The van der Waals surface area contributed by atoms with Gasteiger partial charge in [0.15, 0.2) is 0 Å². The molecule has 0 spiro atoms. The Hall–Kier alpha value is -2.48. The molecule has 0 unspecified atom stereocenters. The van der Waals surface area contributed by atoms with Crippen LogP contribution < -0.4 is 5.32 Å². The summed E-state index contributed by atoms with van der Waals surface area (Å²) in [5.41, 5.74) is 0.661. The molecule has 24 heavy (non-hydrogen) atoms. The van der Waals surface area contributed by atoms with Gasteiger partial charge in [0.2, 0.25) is 6.41 Å². The summed E-state index contributed by atoms with van der Waals surface area (Å²) in [7, 11) is 3.85. The lowest BCUT2D eigenvalue weighted by Crippen LogP contribution is -2.48. The molecular weight excluding hydrogens is 310 g/mol. The van der Waals surface area contributed by atoms with E-state index in [1.165, 1.54) is 12.3 Å². The van der Waals surface area contributed by atoms with Gasteiger partial charge in [0.1, 0.15) is 5.69 Å². The summed E-state index contributed by atoms with van der Waals surface area (Å²) in [4.78, 5) is 44.7. The molecule has 8 nitrogen and oxygen atoms in total. The number of hydrogen-bond donors (Lipinski definition) is 1. The van der Waals surface area contributed by atoms with Gasteiger partial charge in [-0.2, -0.15) is 0 Å². The molecule has 130 valence electrons. The largest absolute Gasteiger partial charge is 0.349 e. The van der Waals surface area contributed by atoms with Crippen molar-refractivity contribution in [3.63, 3.8) is 0 Å². The molecule has 1 fully saturated rings. The SMILES string of the molecule is CN(C)CCNC(=O)c1cc(C(=O)N2CCN(C=O)CC2)ccn1. The van der Waals surface area contributed by atoms with E-state index in [1.807, 2.05) is 19.0 Å². The number of aromatic nitrogens is 1.